The Morgan fingerprint density at radius 3 is 2.42 bits per heavy atom. The molecule has 0 fully saturated rings. The topological polar surface area (TPSA) is 38.3 Å². The lowest BCUT2D eigenvalue weighted by molar-refractivity contribution is 0.187. The Bertz CT molecular complexity index is 238. The van der Waals surface area contributed by atoms with E-state index in [0.717, 1.165) is 5.69 Å². The van der Waals surface area contributed by atoms with Gasteiger partial charge < -0.3 is 4.74 Å². The van der Waals surface area contributed by atoms with E-state index in [4.69, 9.17) is 0 Å². The second-order valence-electron chi connectivity index (χ2n) is 1.98. The average molecular weight is 188 g/mol. The molecule has 0 saturated heterocycles. The highest BCUT2D eigenvalue weighted by atomic mass is 35.5. The fraction of sp³-hybridized carbons (Fsp3) is 0.125. The molecule has 0 aromatic heterocycles. The van der Waals surface area contributed by atoms with Crippen LogP contribution in [0.25, 0.3) is 0 Å². The summed E-state index contributed by atoms with van der Waals surface area (Å²) in [4.78, 5) is 10.6. The van der Waals surface area contributed by atoms with Crippen molar-refractivity contribution in [1.29, 1.82) is 0 Å². The molecule has 4 heteroatoms. The summed E-state index contributed by atoms with van der Waals surface area (Å²) in [6.45, 7) is 0. The molecular weight excluding hydrogens is 178 g/mol. The van der Waals surface area contributed by atoms with Crippen LogP contribution in [0.3, 0.4) is 0 Å². The largest absolute Gasteiger partial charge is 0.453 e. The number of ether oxygens (including phenoxy) is 1. The number of rotatable bonds is 1. The number of para-hydroxylation sites is 1. The minimum atomic E-state index is -0.448. The van der Waals surface area contributed by atoms with Gasteiger partial charge in [-0.15, -0.1) is 12.4 Å². The molecule has 3 nitrogen and oxygen atoms in total. The summed E-state index contributed by atoms with van der Waals surface area (Å²) in [7, 11) is 1.33. The van der Waals surface area contributed by atoms with Gasteiger partial charge in [0.25, 0.3) is 0 Å². The molecule has 1 rings (SSSR count). The van der Waals surface area contributed by atoms with E-state index in [9.17, 15) is 4.79 Å². The number of methoxy groups -OCH3 is 1. The van der Waals surface area contributed by atoms with Crippen molar-refractivity contribution in [1.82, 2.24) is 0 Å². The van der Waals surface area contributed by atoms with Gasteiger partial charge in [-0.2, -0.15) is 0 Å². The van der Waals surface area contributed by atoms with E-state index in [1.165, 1.54) is 7.11 Å². The molecule has 0 aliphatic rings. The first-order valence-corrected chi connectivity index (χ1v) is 3.23. The summed E-state index contributed by atoms with van der Waals surface area (Å²) in [6.07, 6.45) is -0.448. The van der Waals surface area contributed by atoms with Gasteiger partial charge in [-0.3, -0.25) is 5.32 Å². The second-order valence-corrected chi connectivity index (χ2v) is 1.98. The van der Waals surface area contributed by atoms with Crippen LogP contribution in [0.5, 0.6) is 0 Å². The first-order valence-electron chi connectivity index (χ1n) is 3.23. The molecule has 0 heterocycles. The summed E-state index contributed by atoms with van der Waals surface area (Å²) in [6, 6.07) is 9.13. The van der Waals surface area contributed by atoms with Crippen molar-refractivity contribution in [3.05, 3.63) is 30.3 Å². The maximum absolute atomic E-state index is 10.6. The summed E-state index contributed by atoms with van der Waals surface area (Å²) in [5, 5.41) is 2.53. The molecular formula is C8H10ClNO2. The van der Waals surface area contributed by atoms with Gasteiger partial charge in [0.05, 0.1) is 7.11 Å². The summed E-state index contributed by atoms with van der Waals surface area (Å²) >= 11 is 0. The standard InChI is InChI=1S/C8H9NO2.ClH/c1-11-8(10)9-7-5-3-2-4-6-7;/h2-6H,1H3,(H,9,10);1H. The Morgan fingerprint density at radius 1 is 1.33 bits per heavy atom. The number of carbonyl (C=O) groups excluding carboxylic acids is 1. The zero-order chi connectivity index (χ0) is 8.10. The lowest BCUT2D eigenvalue weighted by Crippen LogP contribution is -2.10. The van der Waals surface area contributed by atoms with Gasteiger partial charge in [0.15, 0.2) is 0 Å². The van der Waals surface area contributed by atoms with Crippen LogP contribution in [-0.2, 0) is 4.74 Å². The number of carbonyl (C=O) groups is 1. The molecule has 0 atom stereocenters. The van der Waals surface area contributed by atoms with Gasteiger partial charge in [0, 0.05) is 5.69 Å². The molecule has 1 N–H and O–H groups in total. The highest BCUT2D eigenvalue weighted by Gasteiger charge is 1.96. The first kappa shape index (κ1) is 10.8. The van der Waals surface area contributed by atoms with Crippen molar-refractivity contribution in [3.8, 4) is 0 Å². The molecule has 0 bridgehead atoms. The molecule has 0 spiro atoms. The molecule has 1 aromatic carbocycles. The Kier molecular flexibility index (Phi) is 4.88. The predicted octanol–water partition coefficient (Wildman–Crippen LogP) is 2.29. The first-order chi connectivity index (χ1) is 5.33. The molecule has 1 aromatic rings. The third-order valence-electron chi connectivity index (χ3n) is 1.21. The third-order valence-corrected chi connectivity index (χ3v) is 1.21. The van der Waals surface area contributed by atoms with Gasteiger partial charge in [-0.05, 0) is 12.1 Å². The maximum Gasteiger partial charge on any atom is 0.411 e. The Hall–Kier alpha value is -1.22. The SMILES string of the molecule is COC(=O)Nc1ccccc1.Cl. The van der Waals surface area contributed by atoms with Gasteiger partial charge in [0.2, 0.25) is 0 Å². The van der Waals surface area contributed by atoms with Crippen LogP contribution in [0.15, 0.2) is 30.3 Å². The van der Waals surface area contributed by atoms with E-state index in [0.29, 0.717) is 0 Å². The lowest BCUT2D eigenvalue weighted by Gasteiger charge is -2.01. The van der Waals surface area contributed by atoms with Crippen LogP contribution in [0.2, 0.25) is 0 Å². The van der Waals surface area contributed by atoms with Crippen LogP contribution in [0, 0.1) is 0 Å². The molecule has 12 heavy (non-hydrogen) atoms. The Balaban J connectivity index is 0.00000121. The summed E-state index contributed by atoms with van der Waals surface area (Å²) < 4.78 is 4.40. The zero-order valence-electron chi connectivity index (χ0n) is 6.61. The minimum absolute atomic E-state index is 0. The summed E-state index contributed by atoms with van der Waals surface area (Å²) in [5.74, 6) is 0. The molecule has 0 radical (unpaired) electrons. The van der Waals surface area contributed by atoms with Gasteiger partial charge in [0.1, 0.15) is 0 Å². The van der Waals surface area contributed by atoms with Crippen molar-refractivity contribution in [2.45, 2.75) is 0 Å². The number of anilines is 1. The second kappa shape index (κ2) is 5.43. The highest BCUT2D eigenvalue weighted by Crippen LogP contribution is 2.04. The number of amides is 1. The van der Waals surface area contributed by atoms with Gasteiger partial charge in [-0.1, -0.05) is 18.2 Å². The lowest BCUT2D eigenvalue weighted by atomic mass is 10.3. The minimum Gasteiger partial charge on any atom is -0.453 e. The highest BCUT2D eigenvalue weighted by molar-refractivity contribution is 5.85. The van der Waals surface area contributed by atoms with Crippen molar-refractivity contribution < 1.29 is 9.53 Å². The van der Waals surface area contributed by atoms with E-state index in [1.54, 1.807) is 12.1 Å². The van der Waals surface area contributed by atoms with Crippen LogP contribution >= 0.6 is 12.4 Å². The Morgan fingerprint density at radius 2 is 1.92 bits per heavy atom. The smallest absolute Gasteiger partial charge is 0.411 e. The monoisotopic (exact) mass is 187 g/mol. The normalized spacial score (nSPS) is 8.08. The Labute approximate surface area is 77.1 Å². The quantitative estimate of drug-likeness (QED) is 0.733. The number of hydrogen-bond acceptors (Lipinski definition) is 2. The molecule has 0 aliphatic heterocycles. The maximum atomic E-state index is 10.6. The van der Waals surface area contributed by atoms with Crippen LogP contribution in [-0.4, -0.2) is 13.2 Å². The molecule has 0 saturated carbocycles. The van der Waals surface area contributed by atoms with Crippen molar-refractivity contribution in [2.24, 2.45) is 0 Å². The number of benzene rings is 1. The fourth-order valence-electron chi connectivity index (χ4n) is 0.690. The predicted molar refractivity (Wildman–Crippen MR) is 49.7 cm³/mol. The molecule has 0 unspecified atom stereocenters. The third kappa shape index (κ3) is 3.25. The summed E-state index contributed by atoms with van der Waals surface area (Å²) in [5.41, 5.74) is 0.736. The zero-order valence-corrected chi connectivity index (χ0v) is 7.43. The molecule has 66 valence electrons. The average Bonchev–Trinajstić information content (AvgIpc) is 2.06. The van der Waals surface area contributed by atoms with Crippen molar-refractivity contribution >= 4 is 24.2 Å². The van der Waals surface area contributed by atoms with E-state index < -0.39 is 6.09 Å². The van der Waals surface area contributed by atoms with E-state index in [1.807, 2.05) is 18.2 Å². The van der Waals surface area contributed by atoms with E-state index in [2.05, 4.69) is 10.1 Å². The van der Waals surface area contributed by atoms with Gasteiger partial charge >= 0.3 is 6.09 Å². The van der Waals surface area contributed by atoms with Gasteiger partial charge in [-0.25, -0.2) is 4.79 Å². The van der Waals surface area contributed by atoms with Crippen LogP contribution in [0.4, 0.5) is 10.5 Å². The fourth-order valence-corrected chi connectivity index (χ4v) is 0.690. The van der Waals surface area contributed by atoms with E-state index in [-0.39, 0.29) is 12.4 Å². The van der Waals surface area contributed by atoms with Crippen molar-refractivity contribution in [2.75, 3.05) is 12.4 Å². The van der Waals surface area contributed by atoms with Crippen LogP contribution in [0.1, 0.15) is 0 Å². The van der Waals surface area contributed by atoms with Crippen LogP contribution < -0.4 is 5.32 Å². The van der Waals surface area contributed by atoms with E-state index >= 15 is 0 Å². The number of halogens is 1. The molecule has 0 aliphatic carbocycles. The van der Waals surface area contributed by atoms with Crippen molar-refractivity contribution in [3.63, 3.8) is 0 Å². The number of nitrogens with one attached hydrogen (secondary N) is 1. The molecule has 1 amide bonds. The number of hydrogen-bond donors (Lipinski definition) is 1.